The fourth-order valence-electron chi connectivity index (χ4n) is 3.41. The molecule has 1 aliphatic heterocycles. The fourth-order valence-corrected chi connectivity index (χ4v) is 3.41. The number of rotatable bonds is 2. The van der Waals surface area contributed by atoms with Gasteiger partial charge in [-0.1, -0.05) is 36.8 Å². The molecule has 0 amide bonds. The Morgan fingerprint density at radius 1 is 1.21 bits per heavy atom. The van der Waals surface area contributed by atoms with Crippen LogP contribution >= 0.6 is 0 Å². The smallest absolute Gasteiger partial charge is 0.320 e. The van der Waals surface area contributed by atoms with Crippen molar-refractivity contribution in [1.29, 1.82) is 0 Å². The number of carbonyl (C=O) groups excluding carboxylic acids is 1. The van der Waals surface area contributed by atoms with Crippen LogP contribution in [0.25, 0.3) is 0 Å². The van der Waals surface area contributed by atoms with Crippen LogP contribution in [0.5, 0.6) is 0 Å². The van der Waals surface area contributed by atoms with E-state index in [0.29, 0.717) is 12.6 Å². The minimum atomic E-state index is -0.0640. The van der Waals surface area contributed by atoms with Crippen LogP contribution in [0.1, 0.15) is 44.2 Å². The molecule has 0 N–H and O–H groups in total. The summed E-state index contributed by atoms with van der Waals surface area (Å²) in [5.41, 5.74) is 1.28. The van der Waals surface area contributed by atoms with E-state index in [1.54, 1.807) is 0 Å². The maximum atomic E-state index is 11.8. The molecule has 1 aliphatic carbocycles. The molecule has 2 aliphatic rings. The van der Waals surface area contributed by atoms with Gasteiger partial charge in [-0.3, -0.25) is 9.69 Å². The van der Waals surface area contributed by atoms with Crippen LogP contribution in [-0.2, 0) is 9.53 Å². The maximum absolute atomic E-state index is 11.8. The summed E-state index contributed by atoms with van der Waals surface area (Å²) in [5, 5.41) is 0. The summed E-state index contributed by atoms with van der Waals surface area (Å²) >= 11 is 0. The number of esters is 1. The Balaban J connectivity index is 1.83. The number of carbonyl (C=O) groups is 1. The summed E-state index contributed by atoms with van der Waals surface area (Å²) in [4.78, 5) is 14.1. The van der Waals surface area contributed by atoms with Crippen molar-refractivity contribution in [3.05, 3.63) is 35.9 Å². The van der Waals surface area contributed by atoms with Gasteiger partial charge >= 0.3 is 5.97 Å². The van der Waals surface area contributed by atoms with Crippen molar-refractivity contribution < 1.29 is 9.53 Å². The van der Waals surface area contributed by atoms with Crippen molar-refractivity contribution in [2.45, 2.75) is 50.8 Å². The van der Waals surface area contributed by atoms with E-state index >= 15 is 0 Å². The Morgan fingerprint density at radius 2 is 1.95 bits per heavy atom. The fraction of sp³-hybridized carbons (Fsp3) is 0.562. The van der Waals surface area contributed by atoms with Crippen LogP contribution in [0.2, 0.25) is 0 Å². The molecule has 0 unspecified atom stereocenters. The molecule has 1 heterocycles. The van der Waals surface area contributed by atoms with E-state index in [1.165, 1.54) is 18.4 Å². The van der Waals surface area contributed by atoms with Gasteiger partial charge in [0.1, 0.15) is 6.10 Å². The van der Waals surface area contributed by atoms with Gasteiger partial charge in [-0.2, -0.15) is 0 Å². The van der Waals surface area contributed by atoms with Gasteiger partial charge in [-0.05, 0) is 31.7 Å². The highest BCUT2D eigenvalue weighted by Crippen LogP contribution is 2.34. The van der Waals surface area contributed by atoms with E-state index in [4.69, 9.17) is 4.74 Å². The molecule has 1 aromatic carbocycles. The maximum Gasteiger partial charge on any atom is 0.320 e. The van der Waals surface area contributed by atoms with E-state index in [0.717, 1.165) is 12.8 Å². The lowest BCUT2D eigenvalue weighted by Gasteiger charge is -2.45. The van der Waals surface area contributed by atoms with Gasteiger partial charge in [0.25, 0.3) is 0 Å². The molecule has 0 aromatic heterocycles. The number of hydrogen-bond donors (Lipinski definition) is 0. The number of benzene rings is 1. The summed E-state index contributed by atoms with van der Waals surface area (Å²) < 4.78 is 5.53. The molecular formula is C16H21NO2. The molecule has 1 saturated carbocycles. The lowest BCUT2D eigenvalue weighted by atomic mass is 9.88. The Hall–Kier alpha value is -1.35. The van der Waals surface area contributed by atoms with Gasteiger partial charge in [-0.15, -0.1) is 0 Å². The summed E-state index contributed by atoms with van der Waals surface area (Å²) in [6.07, 6.45) is 4.71. The highest BCUT2D eigenvalue weighted by molar-refractivity contribution is 5.73. The average Bonchev–Trinajstić information content (AvgIpc) is 2.46. The van der Waals surface area contributed by atoms with E-state index < -0.39 is 0 Å². The normalized spacial score (nSPS) is 29.4. The number of fused-ring (bicyclic) bond motifs is 1. The van der Waals surface area contributed by atoms with E-state index in [1.807, 2.05) is 6.07 Å². The number of nitrogens with zero attached hydrogens (tertiary/aromatic N) is 1. The van der Waals surface area contributed by atoms with Gasteiger partial charge in [0.15, 0.2) is 0 Å². The van der Waals surface area contributed by atoms with E-state index in [2.05, 4.69) is 36.1 Å². The first-order valence-electron chi connectivity index (χ1n) is 7.26. The largest absolute Gasteiger partial charge is 0.460 e. The van der Waals surface area contributed by atoms with Crippen molar-refractivity contribution in [2.75, 3.05) is 6.54 Å². The van der Waals surface area contributed by atoms with Gasteiger partial charge in [0.05, 0.1) is 6.54 Å². The van der Waals surface area contributed by atoms with Crippen LogP contribution in [0, 0.1) is 0 Å². The topological polar surface area (TPSA) is 29.5 Å². The predicted octanol–water partition coefficient (Wildman–Crippen LogP) is 2.92. The van der Waals surface area contributed by atoms with Gasteiger partial charge in [0.2, 0.25) is 0 Å². The first-order chi connectivity index (χ1) is 9.25. The van der Waals surface area contributed by atoms with Crippen molar-refractivity contribution in [3.63, 3.8) is 0 Å². The standard InChI is InChI=1S/C16H21NO2/c1-12(13-7-3-2-4-8-13)17-11-16(18)19-15-10-6-5-9-14(15)17/h2-4,7-8,12,14-15H,5-6,9-11H2,1H3/t12-,14+,15+/m0/s1. The van der Waals surface area contributed by atoms with Crippen LogP contribution < -0.4 is 0 Å². The molecule has 0 radical (unpaired) electrons. The molecule has 1 saturated heterocycles. The third kappa shape index (κ3) is 2.52. The van der Waals surface area contributed by atoms with E-state index in [9.17, 15) is 4.79 Å². The zero-order chi connectivity index (χ0) is 13.2. The molecular weight excluding hydrogens is 238 g/mol. The van der Waals surface area contributed by atoms with Crippen LogP contribution in [0.4, 0.5) is 0 Å². The van der Waals surface area contributed by atoms with Crippen molar-refractivity contribution in [2.24, 2.45) is 0 Å². The van der Waals surface area contributed by atoms with Crippen LogP contribution in [0.3, 0.4) is 0 Å². The molecule has 1 aromatic rings. The van der Waals surface area contributed by atoms with E-state index in [-0.39, 0.29) is 18.1 Å². The monoisotopic (exact) mass is 259 g/mol. The Kier molecular flexibility index (Phi) is 3.56. The Bertz CT molecular complexity index is 445. The minimum Gasteiger partial charge on any atom is -0.460 e. The molecule has 3 heteroatoms. The predicted molar refractivity (Wildman–Crippen MR) is 73.7 cm³/mol. The zero-order valence-electron chi connectivity index (χ0n) is 11.4. The first kappa shape index (κ1) is 12.7. The second-order valence-corrected chi connectivity index (χ2v) is 5.64. The van der Waals surface area contributed by atoms with Crippen molar-refractivity contribution in [1.82, 2.24) is 4.90 Å². The lowest BCUT2D eigenvalue weighted by Crippen LogP contribution is -2.55. The number of morpholine rings is 1. The highest BCUT2D eigenvalue weighted by atomic mass is 16.5. The third-order valence-electron chi connectivity index (χ3n) is 4.47. The summed E-state index contributed by atoms with van der Waals surface area (Å²) in [6.45, 7) is 2.62. The molecule has 2 fully saturated rings. The number of ether oxygens (including phenoxy) is 1. The van der Waals surface area contributed by atoms with Gasteiger partial charge in [0, 0.05) is 12.1 Å². The van der Waals surface area contributed by atoms with Crippen molar-refractivity contribution in [3.8, 4) is 0 Å². The first-order valence-corrected chi connectivity index (χ1v) is 7.26. The number of hydrogen-bond acceptors (Lipinski definition) is 3. The molecule has 3 rings (SSSR count). The highest BCUT2D eigenvalue weighted by Gasteiger charge is 2.40. The van der Waals surface area contributed by atoms with Crippen LogP contribution in [0.15, 0.2) is 30.3 Å². The van der Waals surface area contributed by atoms with Gasteiger partial charge in [-0.25, -0.2) is 0 Å². The SMILES string of the molecule is C[C@@H](c1ccccc1)N1CC(=O)O[C@@H]2CCCC[C@H]21. The van der Waals surface area contributed by atoms with Crippen molar-refractivity contribution >= 4 is 5.97 Å². The molecule has 0 spiro atoms. The molecule has 19 heavy (non-hydrogen) atoms. The van der Waals surface area contributed by atoms with Gasteiger partial charge < -0.3 is 4.74 Å². The second kappa shape index (κ2) is 5.33. The zero-order valence-corrected chi connectivity index (χ0v) is 11.4. The molecule has 0 bridgehead atoms. The Labute approximate surface area is 114 Å². The summed E-state index contributed by atoms with van der Waals surface area (Å²) in [7, 11) is 0. The molecule has 102 valence electrons. The second-order valence-electron chi connectivity index (χ2n) is 5.64. The average molecular weight is 259 g/mol. The minimum absolute atomic E-state index is 0.0640. The Morgan fingerprint density at radius 3 is 2.74 bits per heavy atom. The molecule has 3 nitrogen and oxygen atoms in total. The van der Waals surface area contributed by atoms with Crippen LogP contribution in [-0.4, -0.2) is 29.6 Å². The third-order valence-corrected chi connectivity index (χ3v) is 4.47. The summed E-state index contributed by atoms with van der Waals surface area (Å²) in [6, 6.07) is 11.1. The summed E-state index contributed by atoms with van der Waals surface area (Å²) in [5.74, 6) is -0.0640. The molecule has 3 atom stereocenters. The quantitative estimate of drug-likeness (QED) is 0.765. The lowest BCUT2D eigenvalue weighted by molar-refractivity contribution is -0.170.